The van der Waals surface area contributed by atoms with Gasteiger partial charge < -0.3 is 14.8 Å². The van der Waals surface area contributed by atoms with E-state index in [2.05, 4.69) is 26.3 Å². The summed E-state index contributed by atoms with van der Waals surface area (Å²) in [6.07, 6.45) is 3.27. The highest BCUT2D eigenvalue weighted by atomic mass is 79.9. The van der Waals surface area contributed by atoms with Crippen molar-refractivity contribution in [1.29, 1.82) is 0 Å². The highest BCUT2D eigenvalue weighted by molar-refractivity contribution is 9.10. The maximum absolute atomic E-state index is 12.7. The molecule has 0 aliphatic rings. The predicted octanol–water partition coefficient (Wildman–Crippen LogP) is 7.20. The molecule has 0 atom stereocenters. The zero-order chi connectivity index (χ0) is 26.4. The molecule has 0 saturated carbocycles. The smallest absolute Gasteiger partial charge is 0.248 e. The Bertz CT molecular complexity index is 1430. The van der Waals surface area contributed by atoms with E-state index >= 15 is 0 Å². The molecular formula is C29H27BrClN3O3. The molecule has 0 aliphatic carbocycles. The Morgan fingerprint density at radius 1 is 1.08 bits per heavy atom. The second kappa shape index (κ2) is 12.1. The number of aromatic nitrogens is 2. The lowest BCUT2D eigenvalue weighted by atomic mass is 10.1. The van der Waals surface area contributed by atoms with Crippen LogP contribution in [-0.4, -0.2) is 22.8 Å². The molecule has 0 spiro atoms. The van der Waals surface area contributed by atoms with Gasteiger partial charge in [-0.2, -0.15) is 5.10 Å². The van der Waals surface area contributed by atoms with Crippen LogP contribution in [-0.2, 0) is 17.9 Å². The van der Waals surface area contributed by atoms with Gasteiger partial charge in [-0.05, 0) is 73.5 Å². The van der Waals surface area contributed by atoms with Crippen molar-refractivity contribution in [3.8, 4) is 11.5 Å². The summed E-state index contributed by atoms with van der Waals surface area (Å²) in [5.74, 6) is 1.23. The number of halogens is 2. The Hall–Kier alpha value is -3.55. The summed E-state index contributed by atoms with van der Waals surface area (Å²) < 4.78 is 14.2. The predicted molar refractivity (Wildman–Crippen MR) is 151 cm³/mol. The summed E-state index contributed by atoms with van der Waals surface area (Å²) in [6.45, 7) is 4.66. The van der Waals surface area contributed by atoms with E-state index in [1.807, 2.05) is 85.3 Å². The van der Waals surface area contributed by atoms with Crippen molar-refractivity contribution >= 4 is 45.2 Å². The van der Waals surface area contributed by atoms with Crippen molar-refractivity contribution in [2.75, 3.05) is 12.4 Å². The molecule has 6 nitrogen and oxygen atoms in total. The number of nitrogens with zero attached hydrogens (tertiary/aromatic N) is 2. The van der Waals surface area contributed by atoms with Crippen molar-refractivity contribution in [3.63, 3.8) is 0 Å². The molecule has 1 heterocycles. The van der Waals surface area contributed by atoms with Crippen molar-refractivity contribution < 1.29 is 14.3 Å². The SMILES string of the molecule is COc1ccc(/C=C/C(=O)Nc2c(C)nn(Cc3ccccc3Cl)c2C)cc1COc1ccc(Br)cc1. The summed E-state index contributed by atoms with van der Waals surface area (Å²) in [5, 5.41) is 8.24. The molecule has 4 aromatic rings. The maximum Gasteiger partial charge on any atom is 0.248 e. The van der Waals surface area contributed by atoms with Gasteiger partial charge in [0.1, 0.15) is 18.1 Å². The first-order chi connectivity index (χ1) is 17.8. The lowest BCUT2D eigenvalue weighted by molar-refractivity contribution is -0.111. The second-order valence-electron chi connectivity index (χ2n) is 8.43. The number of methoxy groups -OCH3 is 1. The Morgan fingerprint density at radius 2 is 1.84 bits per heavy atom. The van der Waals surface area contributed by atoms with Crippen LogP contribution in [0.5, 0.6) is 11.5 Å². The van der Waals surface area contributed by atoms with Crippen LogP contribution in [0.3, 0.4) is 0 Å². The molecule has 1 N–H and O–H groups in total. The molecular weight excluding hydrogens is 554 g/mol. The number of carbonyl (C=O) groups is 1. The summed E-state index contributed by atoms with van der Waals surface area (Å²) in [5.41, 5.74) is 4.99. The van der Waals surface area contributed by atoms with Crippen molar-refractivity contribution in [2.24, 2.45) is 0 Å². The van der Waals surface area contributed by atoms with E-state index in [1.165, 1.54) is 6.08 Å². The third-order valence-electron chi connectivity index (χ3n) is 5.85. The number of hydrogen-bond donors (Lipinski definition) is 1. The normalized spacial score (nSPS) is 11.1. The van der Waals surface area contributed by atoms with E-state index in [0.717, 1.165) is 44.0 Å². The number of amides is 1. The van der Waals surface area contributed by atoms with Gasteiger partial charge in [-0.15, -0.1) is 0 Å². The van der Waals surface area contributed by atoms with Gasteiger partial charge in [0.25, 0.3) is 0 Å². The number of benzene rings is 3. The van der Waals surface area contributed by atoms with Gasteiger partial charge in [0.05, 0.1) is 30.7 Å². The quantitative estimate of drug-likeness (QED) is 0.213. The minimum absolute atomic E-state index is 0.244. The van der Waals surface area contributed by atoms with Crippen LogP contribution in [0.1, 0.15) is 28.1 Å². The average Bonchev–Trinajstić information content (AvgIpc) is 3.15. The highest BCUT2D eigenvalue weighted by Crippen LogP contribution is 2.25. The molecule has 0 bridgehead atoms. The molecule has 37 heavy (non-hydrogen) atoms. The number of aryl methyl sites for hydroxylation is 1. The van der Waals surface area contributed by atoms with Gasteiger partial charge in [-0.1, -0.05) is 51.8 Å². The Morgan fingerprint density at radius 3 is 2.57 bits per heavy atom. The van der Waals surface area contributed by atoms with Crippen LogP contribution in [0.4, 0.5) is 5.69 Å². The molecule has 1 aromatic heterocycles. The van der Waals surface area contributed by atoms with E-state index in [1.54, 1.807) is 13.2 Å². The fourth-order valence-corrected chi connectivity index (χ4v) is 4.32. The molecule has 0 unspecified atom stereocenters. The van der Waals surface area contributed by atoms with Crippen LogP contribution < -0.4 is 14.8 Å². The second-order valence-corrected chi connectivity index (χ2v) is 9.75. The van der Waals surface area contributed by atoms with Crippen LogP contribution in [0.2, 0.25) is 5.02 Å². The zero-order valence-corrected chi connectivity index (χ0v) is 23.1. The standard InChI is InChI=1S/C29H27BrClN3O3/c1-19-29(20(2)34(33-19)17-22-6-4-5-7-26(22)31)32-28(35)15-9-21-8-14-27(36-3)23(16-21)18-37-25-12-10-24(30)11-13-25/h4-16H,17-18H2,1-3H3,(H,32,35)/b15-9+. The fraction of sp³-hybridized carbons (Fsp3) is 0.172. The van der Waals surface area contributed by atoms with Crippen molar-refractivity contribution in [2.45, 2.75) is 27.0 Å². The molecule has 4 rings (SSSR count). The van der Waals surface area contributed by atoms with Crippen molar-refractivity contribution in [1.82, 2.24) is 9.78 Å². The molecule has 3 aromatic carbocycles. The van der Waals surface area contributed by atoms with Gasteiger partial charge >= 0.3 is 0 Å². The number of rotatable bonds is 9. The van der Waals surface area contributed by atoms with Crippen molar-refractivity contribution in [3.05, 3.63) is 110 Å². The van der Waals surface area contributed by atoms with Crippen LogP contribution in [0.15, 0.2) is 77.3 Å². The van der Waals surface area contributed by atoms with E-state index in [0.29, 0.717) is 23.9 Å². The first-order valence-corrected chi connectivity index (χ1v) is 12.8. The molecule has 1 amide bonds. The minimum atomic E-state index is -0.244. The molecule has 0 saturated heterocycles. The molecule has 8 heteroatoms. The molecule has 190 valence electrons. The Balaban J connectivity index is 1.43. The van der Waals surface area contributed by atoms with E-state index in [4.69, 9.17) is 21.1 Å². The van der Waals surface area contributed by atoms with Gasteiger partial charge in [-0.25, -0.2) is 0 Å². The first-order valence-electron chi connectivity index (χ1n) is 11.7. The zero-order valence-electron chi connectivity index (χ0n) is 20.8. The number of nitrogens with one attached hydrogen (secondary N) is 1. The fourth-order valence-electron chi connectivity index (χ4n) is 3.86. The summed E-state index contributed by atoms with van der Waals surface area (Å²) in [4.78, 5) is 12.7. The summed E-state index contributed by atoms with van der Waals surface area (Å²) in [7, 11) is 1.62. The van der Waals surface area contributed by atoms with Crippen LogP contribution >= 0.6 is 27.5 Å². The lowest BCUT2D eigenvalue weighted by Gasteiger charge is -2.11. The third kappa shape index (κ3) is 6.81. The largest absolute Gasteiger partial charge is 0.496 e. The lowest BCUT2D eigenvalue weighted by Crippen LogP contribution is -2.10. The third-order valence-corrected chi connectivity index (χ3v) is 6.74. The summed E-state index contributed by atoms with van der Waals surface area (Å²) >= 11 is 9.73. The van der Waals surface area contributed by atoms with Gasteiger partial charge in [0, 0.05) is 21.1 Å². The van der Waals surface area contributed by atoms with Gasteiger partial charge in [-0.3, -0.25) is 9.48 Å². The molecule has 0 aliphatic heterocycles. The van der Waals surface area contributed by atoms with Gasteiger partial charge in [0.2, 0.25) is 5.91 Å². The van der Waals surface area contributed by atoms with Crippen LogP contribution in [0.25, 0.3) is 6.08 Å². The number of carbonyl (C=O) groups excluding carboxylic acids is 1. The Kier molecular flexibility index (Phi) is 8.69. The van der Waals surface area contributed by atoms with E-state index < -0.39 is 0 Å². The number of anilines is 1. The maximum atomic E-state index is 12.7. The number of ether oxygens (including phenoxy) is 2. The van der Waals surface area contributed by atoms with Crippen LogP contribution in [0, 0.1) is 13.8 Å². The average molecular weight is 581 g/mol. The van der Waals surface area contributed by atoms with Gasteiger partial charge in [0.15, 0.2) is 0 Å². The first kappa shape index (κ1) is 26.5. The molecule has 0 fully saturated rings. The highest BCUT2D eigenvalue weighted by Gasteiger charge is 2.14. The van der Waals surface area contributed by atoms with E-state index in [9.17, 15) is 4.79 Å². The summed E-state index contributed by atoms with van der Waals surface area (Å²) in [6, 6.07) is 21.0. The Labute approximate surface area is 230 Å². The monoisotopic (exact) mass is 579 g/mol. The minimum Gasteiger partial charge on any atom is -0.496 e. The number of hydrogen-bond acceptors (Lipinski definition) is 4. The topological polar surface area (TPSA) is 65.4 Å². The molecule has 0 radical (unpaired) electrons. The van der Waals surface area contributed by atoms with E-state index in [-0.39, 0.29) is 5.91 Å².